The predicted molar refractivity (Wildman–Crippen MR) is 105 cm³/mol. The second kappa shape index (κ2) is 7.23. The van der Waals surface area contributed by atoms with Gasteiger partial charge in [-0.25, -0.2) is 4.39 Å². The number of anilines is 1. The van der Waals surface area contributed by atoms with Crippen LogP contribution in [-0.4, -0.2) is 59.8 Å². The molecular formula is C20H20FN3O4S. The van der Waals surface area contributed by atoms with Crippen LogP contribution in [0.4, 0.5) is 9.39 Å². The van der Waals surface area contributed by atoms with Crippen LogP contribution in [0.25, 0.3) is 0 Å². The molecule has 4 rings (SSSR count). The van der Waals surface area contributed by atoms with Crippen molar-refractivity contribution in [1.29, 1.82) is 0 Å². The lowest BCUT2D eigenvalue weighted by molar-refractivity contribution is -0.141. The first kappa shape index (κ1) is 19.5. The fourth-order valence-corrected chi connectivity index (χ4v) is 5.01. The molecule has 152 valence electrons. The fraction of sp³-hybridized carbons (Fsp3) is 0.350. The van der Waals surface area contributed by atoms with Crippen LogP contribution < -0.4 is 4.90 Å². The van der Waals surface area contributed by atoms with Crippen molar-refractivity contribution < 1.29 is 23.9 Å². The number of thiophene rings is 1. The monoisotopic (exact) mass is 417 g/mol. The van der Waals surface area contributed by atoms with E-state index in [2.05, 4.69) is 0 Å². The number of benzene rings is 1. The van der Waals surface area contributed by atoms with E-state index < -0.39 is 17.8 Å². The molecule has 2 aliphatic heterocycles. The Kier molecular flexibility index (Phi) is 4.87. The Labute approximate surface area is 170 Å². The lowest BCUT2D eigenvalue weighted by atomic mass is 10.0. The average molecular weight is 417 g/mol. The molecule has 0 radical (unpaired) electrons. The molecule has 1 aromatic heterocycles. The minimum atomic E-state index is -1.38. The third kappa shape index (κ3) is 3.30. The molecule has 0 saturated carbocycles. The van der Waals surface area contributed by atoms with Gasteiger partial charge in [0.1, 0.15) is 17.4 Å². The smallest absolute Gasteiger partial charge is 0.257 e. The summed E-state index contributed by atoms with van der Waals surface area (Å²) in [4.78, 5) is 43.2. The summed E-state index contributed by atoms with van der Waals surface area (Å²) in [6, 6.07) is 5.17. The van der Waals surface area contributed by atoms with E-state index in [9.17, 15) is 23.9 Å². The molecular weight excluding hydrogens is 397 g/mol. The summed E-state index contributed by atoms with van der Waals surface area (Å²) in [5, 5.41) is 11.0. The summed E-state index contributed by atoms with van der Waals surface area (Å²) in [7, 11) is 3.25. The summed E-state index contributed by atoms with van der Waals surface area (Å²) >= 11 is 1.33. The molecule has 7 nitrogen and oxygen atoms in total. The highest BCUT2D eigenvalue weighted by Gasteiger charge is 2.37. The second-order valence-corrected chi connectivity index (χ2v) is 8.35. The van der Waals surface area contributed by atoms with E-state index in [4.69, 9.17) is 0 Å². The SMILES string of the molecule is CN1CC(=O)N(C)c2sc3c(c2C1=O)CCN(C(=O)C(O)c1ccc(F)cc1)C3. The molecule has 3 heterocycles. The average Bonchev–Trinajstić information content (AvgIpc) is 3.07. The molecule has 0 aliphatic carbocycles. The van der Waals surface area contributed by atoms with Crippen molar-refractivity contribution in [3.05, 3.63) is 51.7 Å². The van der Waals surface area contributed by atoms with Crippen LogP contribution in [0.5, 0.6) is 0 Å². The maximum atomic E-state index is 13.1. The fourth-order valence-electron chi connectivity index (χ4n) is 3.68. The van der Waals surface area contributed by atoms with Crippen LogP contribution in [0.3, 0.4) is 0 Å². The summed E-state index contributed by atoms with van der Waals surface area (Å²) < 4.78 is 13.1. The number of aliphatic hydroxyl groups excluding tert-OH is 1. The Morgan fingerprint density at radius 3 is 2.55 bits per heavy atom. The van der Waals surface area contributed by atoms with E-state index in [0.717, 1.165) is 10.4 Å². The number of carbonyl (C=O) groups excluding carboxylic acids is 3. The topological polar surface area (TPSA) is 81.2 Å². The van der Waals surface area contributed by atoms with Gasteiger partial charge >= 0.3 is 0 Å². The molecule has 1 aromatic carbocycles. The number of amides is 3. The number of fused-ring (bicyclic) bond motifs is 3. The van der Waals surface area contributed by atoms with Crippen molar-refractivity contribution in [3.8, 4) is 0 Å². The molecule has 1 atom stereocenters. The molecule has 1 N–H and O–H groups in total. The molecule has 0 saturated heterocycles. The van der Waals surface area contributed by atoms with Crippen LogP contribution >= 0.6 is 11.3 Å². The lowest BCUT2D eigenvalue weighted by Gasteiger charge is -2.29. The van der Waals surface area contributed by atoms with Crippen LogP contribution in [0.15, 0.2) is 24.3 Å². The van der Waals surface area contributed by atoms with Crippen molar-refractivity contribution in [2.24, 2.45) is 0 Å². The van der Waals surface area contributed by atoms with Gasteiger partial charge in [-0.05, 0) is 29.7 Å². The maximum absolute atomic E-state index is 13.1. The van der Waals surface area contributed by atoms with Crippen molar-refractivity contribution in [2.45, 2.75) is 19.1 Å². The number of hydrogen-bond acceptors (Lipinski definition) is 5. The van der Waals surface area contributed by atoms with E-state index in [1.54, 1.807) is 14.1 Å². The Hall–Kier alpha value is -2.78. The Morgan fingerprint density at radius 2 is 1.86 bits per heavy atom. The number of aliphatic hydroxyl groups is 1. The largest absolute Gasteiger partial charge is 0.378 e. The van der Waals surface area contributed by atoms with E-state index in [1.807, 2.05) is 0 Å². The third-order valence-corrected chi connectivity index (χ3v) is 6.67. The van der Waals surface area contributed by atoms with Gasteiger partial charge in [0.05, 0.1) is 12.1 Å². The molecule has 29 heavy (non-hydrogen) atoms. The van der Waals surface area contributed by atoms with Gasteiger partial charge in [-0.3, -0.25) is 14.4 Å². The number of likely N-dealkylation sites (N-methyl/N-ethyl adjacent to an activating group) is 2. The molecule has 0 fully saturated rings. The highest BCUT2D eigenvalue weighted by atomic mass is 32.1. The highest BCUT2D eigenvalue weighted by Crippen LogP contribution is 2.41. The normalized spacial score (nSPS) is 17.7. The standard InChI is InChI=1S/C20H20FN3O4S/c1-22-10-15(25)23(2)20-16(18(22)27)13-7-8-24(9-14(13)29-20)19(28)17(26)11-3-5-12(21)6-4-11/h3-6,17,26H,7-10H2,1-2H3. The Bertz CT molecular complexity index is 1000. The number of halogens is 1. The number of nitrogens with zero attached hydrogens (tertiary/aromatic N) is 3. The number of carbonyl (C=O) groups is 3. The molecule has 3 amide bonds. The lowest BCUT2D eigenvalue weighted by Crippen LogP contribution is -2.39. The predicted octanol–water partition coefficient (Wildman–Crippen LogP) is 1.55. The third-order valence-electron chi connectivity index (χ3n) is 5.38. The Balaban J connectivity index is 1.61. The van der Waals surface area contributed by atoms with Gasteiger partial charge in [0.15, 0.2) is 6.10 Å². The summed E-state index contributed by atoms with van der Waals surface area (Å²) in [6.45, 7) is 0.630. The number of rotatable bonds is 2. The molecule has 9 heteroatoms. The maximum Gasteiger partial charge on any atom is 0.257 e. The van der Waals surface area contributed by atoms with Gasteiger partial charge < -0.3 is 19.8 Å². The minimum absolute atomic E-state index is 0.0278. The molecule has 1 unspecified atom stereocenters. The van der Waals surface area contributed by atoms with E-state index >= 15 is 0 Å². The zero-order valence-corrected chi connectivity index (χ0v) is 16.8. The highest BCUT2D eigenvalue weighted by molar-refractivity contribution is 7.17. The zero-order chi connectivity index (χ0) is 20.9. The first-order valence-electron chi connectivity index (χ1n) is 9.16. The quantitative estimate of drug-likeness (QED) is 0.804. The summed E-state index contributed by atoms with van der Waals surface area (Å²) in [5.41, 5.74) is 1.72. The van der Waals surface area contributed by atoms with Crippen molar-refractivity contribution in [1.82, 2.24) is 9.80 Å². The van der Waals surface area contributed by atoms with Crippen molar-refractivity contribution >= 4 is 34.1 Å². The van der Waals surface area contributed by atoms with Gasteiger partial charge in [0.25, 0.3) is 11.8 Å². The van der Waals surface area contributed by atoms with E-state index in [0.29, 0.717) is 29.1 Å². The molecule has 0 spiro atoms. The zero-order valence-electron chi connectivity index (χ0n) is 16.0. The van der Waals surface area contributed by atoms with E-state index in [1.165, 1.54) is 50.3 Å². The molecule has 2 aromatic rings. The molecule has 2 aliphatic rings. The Morgan fingerprint density at radius 1 is 1.17 bits per heavy atom. The first-order chi connectivity index (χ1) is 13.8. The van der Waals surface area contributed by atoms with Gasteiger partial charge in [0.2, 0.25) is 5.91 Å². The minimum Gasteiger partial charge on any atom is -0.378 e. The van der Waals surface area contributed by atoms with Crippen LogP contribution in [0.2, 0.25) is 0 Å². The summed E-state index contributed by atoms with van der Waals surface area (Å²) in [6.07, 6.45) is -0.919. The van der Waals surface area contributed by atoms with Crippen molar-refractivity contribution in [3.63, 3.8) is 0 Å². The van der Waals surface area contributed by atoms with Gasteiger partial charge in [-0.1, -0.05) is 12.1 Å². The first-order valence-corrected chi connectivity index (χ1v) is 9.98. The van der Waals surface area contributed by atoms with E-state index in [-0.39, 0.29) is 24.9 Å². The van der Waals surface area contributed by atoms with Gasteiger partial charge in [0, 0.05) is 25.5 Å². The second-order valence-electron chi connectivity index (χ2n) is 7.26. The van der Waals surface area contributed by atoms with Gasteiger partial charge in [-0.15, -0.1) is 11.3 Å². The van der Waals surface area contributed by atoms with Gasteiger partial charge in [-0.2, -0.15) is 0 Å². The molecule has 0 bridgehead atoms. The van der Waals surface area contributed by atoms with Crippen molar-refractivity contribution in [2.75, 3.05) is 32.1 Å². The van der Waals surface area contributed by atoms with Crippen LogP contribution in [0.1, 0.15) is 32.5 Å². The van der Waals surface area contributed by atoms with Crippen LogP contribution in [-0.2, 0) is 22.6 Å². The number of hydrogen-bond donors (Lipinski definition) is 1. The van der Waals surface area contributed by atoms with Crippen LogP contribution in [0, 0.1) is 5.82 Å². The summed E-state index contributed by atoms with van der Waals surface area (Å²) in [5.74, 6) is -1.28.